The van der Waals surface area contributed by atoms with Gasteiger partial charge in [-0.25, -0.2) is 4.98 Å². The lowest BCUT2D eigenvalue weighted by atomic mass is 9.99. The van der Waals surface area contributed by atoms with Crippen LogP contribution in [0.4, 0.5) is 0 Å². The smallest absolute Gasteiger partial charge is 0.212 e. The Balaban J connectivity index is 2.48. The minimum absolute atomic E-state index is 0.535. The van der Waals surface area contributed by atoms with Crippen LogP contribution >= 0.6 is 0 Å². The molecule has 1 atom stereocenters. The third-order valence-electron chi connectivity index (χ3n) is 2.99. The number of hydrogen-bond acceptors (Lipinski definition) is 3. The molecule has 0 saturated heterocycles. The molecule has 0 aliphatic carbocycles. The molecule has 0 aliphatic heterocycles. The molecule has 1 aromatic rings. The summed E-state index contributed by atoms with van der Waals surface area (Å²) in [5.41, 5.74) is 1.26. The fourth-order valence-electron chi connectivity index (χ4n) is 1.82. The molecule has 0 aliphatic rings. The maximum absolute atomic E-state index is 5.05. The standard InChI is InChI=1S/C14H24N2O/c1-11(2)5-7-13(15-3)9-12-6-8-14(17-4)16-10-12/h6,8,10-11,13,15H,5,7,9H2,1-4H3. The quantitative estimate of drug-likeness (QED) is 0.790. The van der Waals surface area contributed by atoms with Crippen LogP contribution in [0.5, 0.6) is 5.88 Å². The second kappa shape index (κ2) is 7.28. The summed E-state index contributed by atoms with van der Waals surface area (Å²) in [6, 6.07) is 4.54. The van der Waals surface area contributed by atoms with E-state index in [1.54, 1.807) is 7.11 Å². The van der Waals surface area contributed by atoms with E-state index in [2.05, 4.69) is 30.2 Å². The summed E-state index contributed by atoms with van der Waals surface area (Å²) in [6.45, 7) is 4.53. The van der Waals surface area contributed by atoms with E-state index in [9.17, 15) is 0 Å². The number of nitrogens with zero attached hydrogens (tertiary/aromatic N) is 1. The second-order valence-electron chi connectivity index (χ2n) is 4.87. The molecule has 0 spiro atoms. The molecule has 0 saturated carbocycles. The molecule has 17 heavy (non-hydrogen) atoms. The monoisotopic (exact) mass is 236 g/mol. The van der Waals surface area contributed by atoms with Crippen molar-refractivity contribution >= 4 is 0 Å². The molecule has 0 aromatic carbocycles. The lowest BCUT2D eigenvalue weighted by Crippen LogP contribution is -2.28. The van der Waals surface area contributed by atoms with Crippen LogP contribution in [0.15, 0.2) is 18.3 Å². The second-order valence-corrected chi connectivity index (χ2v) is 4.87. The van der Waals surface area contributed by atoms with Crippen LogP contribution in [-0.2, 0) is 6.42 Å². The molecule has 0 bridgehead atoms. The Bertz CT molecular complexity index is 309. The zero-order valence-corrected chi connectivity index (χ0v) is 11.4. The Morgan fingerprint density at radius 2 is 2.06 bits per heavy atom. The van der Waals surface area contributed by atoms with Gasteiger partial charge in [-0.1, -0.05) is 19.9 Å². The van der Waals surface area contributed by atoms with E-state index in [0.717, 1.165) is 12.3 Å². The van der Waals surface area contributed by atoms with E-state index >= 15 is 0 Å². The summed E-state index contributed by atoms with van der Waals surface area (Å²) in [6.07, 6.45) is 5.40. The van der Waals surface area contributed by atoms with Crippen LogP contribution in [0, 0.1) is 5.92 Å². The highest BCUT2D eigenvalue weighted by Gasteiger charge is 2.08. The van der Waals surface area contributed by atoms with E-state index in [-0.39, 0.29) is 0 Å². The average Bonchev–Trinajstić information content (AvgIpc) is 2.35. The molecule has 0 fully saturated rings. The number of nitrogens with one attached hydrogen (secondary N) is 1. The first-order chi connectivity index (χ1) is 8.15. The summed E-state index contributed by atoms with van der Waals surface area (Å²) in [5.74, 6) is 1.44. The third-order valence-corrected chi connectivity index (χ3v) is 2.99. The first kappa shape index (κ1) is 14.0. The lowest BCUT2D eigenvalue weighted by Gasteiger charge is -2.17. The van der Waals surface area contributed by atoms with Gasteiger partial charge in [0.2, 0.25) is 5.88 Å². The van der Waals surface area contributed by atoms with Gasteiger partial charge in [-0.05, 0) is 37.8 Å². The van der Waals surface area contributed by atoms with Crippen molar-refractivity contribution in [3.8, 4) is 5.88 Å². The van der Waals surface area contributed by atoms with Gasteiger partial charge in [-0.2, -0.15) is 0 Å². The minimum Gasteiger partial charge on any atom is -0.481 e. The van der Waals surface area contributed by atoms with Crippen LogP contribution in [0.1, 0.15) is 32.3 Å². The third kappa shape index (κ3) is 5.18. The van der Waals surface area contributed by atoms with Gasteiger partial charge in [0.05, 0.1) is 7.11 Å². The maximum Gasteiger partial charge on any atom is 0.212 e. The van der Waals surface area contributed by atoms with Gasteiger partial charge >= 0.3 is 0 Å². The van der Waals surface area contributed by atoms with Gasteiger partial charge in [0.1, 0.15) is 0 Å². The van der Waals surface area contributed by atoms with Gasteiger partial charge in [0.25, 0.3) is 0 Å². The van der Waals surface area contributed by atoms with Gasteiger partial charge in [-0.15, -0.1) is 0 Å². The molecular formula is C14H24N2O. The first-order valence-corrected chi connectivity index (χ1v) is 6.32. The van der Waals surface area contributed by atoms with Crippen molar-refractivity contribution in [2.45, 2.75) is 39.2 Å². The summed E-state index contributed by atoms with van der Waals surface area (Å²) in [7, 11) is 3.67. The van der Waals surface area contributed by atoms with Crippen molar-refractivity contribution in [1.82, 2.24) is 10.3 Å². The molecule has 96 valence electrons. The zero-order valence-electron chi connectivity index (χ0n) is 11.4. The Kier molecular flexibility index (Phi) is 5.98. The Hall–Kier alpha value is -1.09. The zero-order chi connectivity index (χ0) is 12.7. The van der Waals surface area contributed by atoms with E-state index in [1.807, 2.05) is 19.3 Å². The predicted molar refractivity (Wildman–Crippen MR) is 71.4 cm³/mol. The fourth-order valence-corrected chi connectivity index (χ4v) is 1.82. The molecule has 1 N–H and O–H groups in total. The first-order valence-electron chi connectivity index (χ1n) is 6.32. The van der Waals surface area contributed by atoms with Gasteiger partial charge in [-0.3, -0.25) is 0 Å². The molecule has 0 radical (unpaired) electrons. The summed E-state index contributed by atoms with van der Waals surface area (Å²) in [5, 5.41) is 3.38. The molecule has 0 amide bonds. The summed E-state index contributed by atoms with van der Waals surface area (Å²) >= 11 is 0. The van der Waals surface area contributed by atoms with Crippen molar-refractivity contribution in [3.05, 3.63) is 23.9 Å². The topological polar surface area (TPSA) is 34.1 Å². The van der Waals surface area contributed by atoms with Crippen LogP contribution in [0.25, 0.3) is 0 Å². The minimum atomic E-state index is 0.535. The fraction of sp³-hybridized carbons (Fsp3) is 0.643. The van der Waals surface area contributed by atoms with Crippen molar-refractivity contribution in [2.75, 3.05) is 14.2 Å². The van der Waals surface area contributed by atoms with Crippen molar-refractivity contribution in [2.24, 2.45) is 5.92 Å². The lowest BCUT2D eigenvalue weighted by molar-refractivity contribution is 0.397. The highest BCUT2D eigenvalue weighted by molar-refractivity contribution is 5.18. The summed E-state index contributed by atoms with van der Waals surface area (Å²) < 4.78 is 5.05. The van der Waals surface area contributed by atoms with Crippen molar-refractivity contribution in [3.63, 3.8) is 0 Å². The van der Waals surface area contributed by atoms with Crippen LogP contribution < -0.4 is 10.1 Å². The van der Waals surface area contributed by atoms with Crippen LogP contribution in [0.3, 0.4) is 0 Å². The highest BCUT2D eigenvalue weighted by Crippen LogP contribution is 2.13. The normalized spacial score (nSPS) is 12.8. The number of aromatic nitrogens is 1. The molecule has 3 heteroatoms. The highest BCUT2D eigenvalue weighted by atomic mass is 16.5. The Morgan fingerprint density at radius 1 is 1.29 bits per heavy atom. The van der Waals surface area contributed by atoms with E-state index in [1.165, 1.54) is 18.4 Å². The van der Waals surface area contributed by atoms with Crippen molar-refractivity contribution in [1.29, 1.82) is 0 Å². The Morgan fingerprint density at radius 3 is 2.53 bits per heavy atom. The number of rotatable bonds is 7. The number of pyridine rings is 1. The van der Waals surface area contributed by atoms with Crippen molar-refractivity contribution < 1.29 is 4.74 Å². The van der Waals surface area contributed by atoms with E-state index < -0.39 is 0 Å². The van der Waals surface area contributed by atoms with E-state index in [0.29, 0.717) is 11.9 Å². The largest absolute Gasteiger partial charge is 0.481 e. The average molecular weight is 236 g/mol. The molecule has 1 aromatic heterocycles. The van der Waals surface area contributed by atoms with Gasteiger partial charge < -0.3 is 10.1 Å². The number of ether oxygens (including phenoxy) is 1. The molecule has 1 heterocycles. The molecule has 3 nitrogen and oxygen atoms in total. The number of hydrogen-bond donors (Lipinski definition) is 1. The predicted octanol–water partition coefficient (Wildman–Crippen LogP) is 2.66. The summed E-state index contributed by atoms with van der Waals surface area (Å²) in [4.78, 5) is 4.23. The Labute approximate surface area is 105 Å². The van der Waals surface area contributed by atoms with Crippen LogP contribution in [-0.4, -0.2) is 25.2 Å². The van der Waals surface area contributed by atoms with Gasteiger partial charge in [0, 0.05) is 18.3 Å². The molecule has 1 unspecified atom stereocenters. The van der Waals surface area contributed by atoms with E-state index in [4.69, 9.17) is 4.74 Å². The molecule has 1 rings (SSSR count). The van der Waals surface area contributed by atoms with Crippen LogP contribution in [0.2, 0.25) is 0 Å². The SMILES string of the molecule is CNC(CCC(C)C)Cc1ccc(OC)nc1. The maximum atomic E-state index is 5.05. The number of methoxy groups -OCH3 is 1. The number of likely N-dealkylation sites (N-methyl/N-ethyl adjacent to an activating group) is 1. The molecular weight excluding hydrogens is 212 g/mol. The van der Waals surface area contributed by atoms with Gasteiger partial charge in [0.15, 0.2) is 0 Å².